The van der Waals surface area contributed by atoms with Crippen molar-refractivity contribution in [2.24, 2.45) is 0 Å². The molecule has 0 spiro atoms. The van der Waals surface area contributed by atoms with E-state index in [1.54, 1.807) is 18.2 Å². The van der Waals surface area contributed by atoms with E-state index in [-0.39, 0.29) is 18.2 Å². The van der Waals surface area contributed by atoms with Crippen LogP contribution >= 0.6 is 27.5 Å². The van der Waals surface area contributed by atoms with Gasteiger partial charge in [-0.3, -0.25) is 4.79 Å². The highest BCUT2D eigenvalue weighted by Gasteiger charge is 2.14. The van der Waals surface area contributed by atoms with Crippen LogP contribution in [0.4, 0.5) is 0 Å². The molecule has 8 heteroatoms. The predicted octanol–water partition coefficient (Wildman–Crippen LogP) is 1.72. The van der Waals surface area contributed by atoms with Crippen LogP contribution in [0.5, 0.6) is 0 Å². The van der Waals surface area contributed by atoms with Crippen molar-refractivity contribution in [2.45, 2.75) is 0 Å². The van der Waals surface area contributed by atoms with Crippen molar-refractivity contribution in [3.8, 4) is 0 Å². The maximum atomic E-state index is 11.8. The fourth-order valence-electron chi connectivity index (χ4n) is 1.22. The van der Waals surface area contributed by atoms with E-state index in [0.29, 0.717) is 15.1 Å². The summed E-state index contributed by atoms with van der Waals surface area (Å²) < 4.78 is 24.7. The smallest absolute Gasteiger partial charge is 0.251 e. The van der Waals surface area contributed by atoms with Crippen molar-refractivity contribution in [1.29, 1.82) is 0 Å². The minimum absolute atomic E-state index is 0.0552. The van der Waals surface area contributed by atoms with E-state index >= 15 is 0 Å². The topological polar surface area (TPSA) is 66.5 Å². The summed E-state index contributed by atoms with van der Waals surface area (Å²) >= 11 is 9.04. The van der Waals surface area contributed by atoms with Crippen molar-refractivity contribution in [2.75, 3.05) is 26.4 Å². The van der Waals surface area contributed by atoms with E-state index in [1.165, 1.54) is 14.1 Å². The number of carbonyl (C=O) groups excluding carboxylic acids is 1. The van der Waals surface area contributed by atoms with Gasteiger partial charge in [0, 0.05) is 30.7 Å². The first-order valence-corrected chi connectivity index (χ1v) is 8.15. The quantitative estimate of drug-likeness (QED) is 0.859. The Labute approximate surface area is 126 Å². The summed E-state index contributed by atoms with van der Waals surface area (Å²) in [5.74, 6) is -0.480. The molecule has 1 aromatic rings. The second-order valence-corrected chi connectivity index (χ2v) is 7.55. The second-order valence-electron chi connectivity index (χ2n) is 3.98. The number of carbonyl (C=O) groups is 1. The number of benzene rings is 1. The lowest BCUT2D eigenvalue weighted by atomic mass is 10.2. The first-order valence-electron chi connectivity index (χ1n) is 5.37. The van der Waals surface area contributed by atoms with E-state index < -0.39 is 10.0 Å². The standard InChI is InChI=1S/C11H14BrClN2O3S/c1-15(2)19(17,18)6-5-14-11(16)8-3-4-10(13)9(12)7-8/h3-4,7H,5-6H2,1-2H3,(H,14,16). The summed E-state index contributed by atoms with van der Waals surface area (Å²) in [5, 5.41) is 3.05. The van der Waals surface area contributed by atoms with E-state index in [0.717, 1.165) is 4.31 Å². The Balaban J connectivity index is 2.59. The van der Waals surface area contributed by atoms with Crippen LogP contribution in [0.25, 0.3) is 0 Å². The Morgan fingerprint density at radius 3 is 2.58 bits per heavy atom. The molecular weight excluding hydrogens is 356 g/mol. The Hall–Kier alpha value is -0.630. The molecule has 1 N–H and O–H groups in total. The molecule has 0 unspecified atom stereocenters. The van der Waals surface area contributed by atoms with Crippen molar-refractivity contribution in [1.82, 2.24) is 9.62 Å². The zero-order chi connectivity index (χ0) is 14.6. The van der Waals surface area contributed by atoms with Gasteiger partial charge >= 0.3 is 0 Å². The molecule has 0 heterocycles. The molecule has 0 atom stereocenters. The largest absolute Gasteiger partial charge is 0.351 e. The van der Waals surface area contributed by atoms with Crippen molar-refractivity contribution in [3.63, 3.8) is 0 Å². The number of sulfonamides is 1. The molecule has 1 rings (SSSR count). The van der Waals surface area contributed by atoms with Gasteiger partial charge in [-0.05, 0) is 34.1 Å². The highest BCUT2D eigenvalue weighted by molar-refractivity contribution is 9.10. The Morgan fingerprint density at radius 1 is 1.42 bits per heavy atom. The second kappa shape index (κ2) is 6.69. The van der Waals surface area contributed by atoms with Crippen molar-refractivity contribution in [3.05, 3.63) is 33.3 Å². The summed E-state index contributed by atoms with van der Waals surface area (Å²) in [6, 6.07) is 4.75. The van der Waals surface area contributed by atoms with Crippen LogP contribution in [0.3, 0.4) is 0 Å². The molecule has 1 aromatic carbocycles. The van der Waals surface area contributed by atoms with Gasteiger partial charge < -0.3 is 5.32 Å². The van der Waals surface area contributed by atoms with Gasteiger partial charge in [0.15, 0.2) is 0 Å². The monoisotopic (exact) mass is 368 g/mol. The normalized spacial score (nSPS) is 11.6. The molecule has 0 bridgehead atoms. The molecule has 0 aliphatic carbocycles. The van der Waals surface area contributed by atoms with Gasteiger partial charge in [0.25, 0.3) is 5.91 Å². The van der Waals surface area contributed by atoms with E-state index in [2.05, 4.69) is 21.2 Å². The molecule has 0 radical (unpaired) electrons. The summed E-state index contributed by atoms with van der Waals surface area (Å²) in [6.45, 7) is 0.0552. The molecule has 0 aromatic heterocycles. The maximum absolute atomic E-state index is 11.8. The first-order chi connectivity index (χ1) is 8.74. The number of rotatable bonds is 5. The van der Waals surface area contributed by atoms with Gasteiger partial charge in [0.1, 0.15) is 0 Å². The van der Waals surface area contributed by atoms with Gasteiger partial charge in [-0.25, -0.2) is 12.7 Å². The number of halogens is 2. The molecule has 1 amide bonds. The minimum Gasteiger partial charge on any atom is -0.351 e. The SMILES string of the molecule is CN(C)S(=O)(=O)CCNC(=O)c1ccc(Cl)c(Br)c1. The first kappa shape index (κ1) is 16.4. The van der Waals surface area contributed by atoms with Crippen LogP contribution < -0.4 is 5.32 Å². The van der Waals surface area contributed by atoms with Crippen molar-refractivity contribution < 1.29 is 13.2 Å². The lowest BCUT2D eigenvalue weighted by molar-refractivity contribution is 0.0956. The molecule has 0 aliphatic rings. The Kier molecular flexibility index (Phi) is 5.79. The summed E-state index contributed by atoms with van der Waals surface area (Å²) in [6.07, 6.45) is 0. The number of amides is 1. The molecule has 19 heavy (non-hydrogen) atoms. The molecule has 0 fully saturated rings. The van der Waals surface area contributed by atoms with Crippen LogP contribution in [0, 0.1) is 0 Å². The number of nitrogens with zero attached hydrogens (tertiary/aromatic N) is 1. The molecule has 0 saturated carbocycles. The van der Waals surface area contributed by atoms with Crippen LogP contribution in [-0.2, 0) is 10.0 Å². The van der Waals surface area contributed by atoms with Gasteiger partial charge in [0.05, 0.1) is 10.8 Å². The van der Waals surface area contributed by atoms with Crippen LogP contribution in [0.1, 0.15) is 10.4 Å². The average molecular weight is 370 g/mol. The Bertz CT molecular complexity index is 575. The van der Waals surface area contributed by atoms with Gasteiger partial charge in [-0.1, -0.05) is 11.6 Å². The van der Waals surface area contributed by atoms with E-state index in [1.807, 2.05) is 0 Å². The number of hydrogen-bond acceptors (Lipinski definition) is 3. The third-order valence-corrected chi connectivity index (χ3v) is 5.43. The fraction of sp³-hybridized carbons (Fsp3) is 0.364. The molecule has 106 valence electrons. The number of nitrogens with one attached hydrogen (secondary N) is 1. The summed E-state index contributed by atoms with van der Waals surface area (Å²) in [5.41, 5.74) is 0.415. The predicted molar refractivity (Wildman–Crippen MR) is 79.0 cm³/mol. The third kappa shape index (κ3) is 4.76. The van der Waals surface area contributed by atoms with E-state index in [4.69, 9.17) is 11.6 Å². The highest BCUT2D eigenvalue weighted by Crippen LogP contribution is 2.23. The fourth-order valence-corrected chi connectivity index (χ4v) is 2.44. The number of hydrogen-bond donors (Lipinski definition) is 1. The minimum atomic E-state index is -3.30. The van der Waals surface area contributed by atoms with Gasteiger partial charge in [-0.2, -0.15) is 0 Å². The zero-order valence-electron chi connectivity index (χ0n) is 10.5. The van der Waals surface area contributed by atoms with E-state index in [9.17, 15) is 13.2 Å². The molecule has 0 aliphatic heterocycles. The van der Waals surface area contributed by atoms with Gasteiger partial charge in [-0.15, -0.1) is 0 Å². The van der Waals surface area contributed by atoms with Crippen LogP contribution in [-0.4, -0.2) is 45.0 Å². The van der Waals surface area contributed by atoms with Gasteiger partial charge in [0.2, 0.25) is 10.0 Å². The molecule has 5 nitrogen and oxygen atoms in total. The highest BCUT2D eigenvalue weighted by atomic mass is 79.9. The summed E-state index contributed by atoms with van der Waals surface area (Å²) in [4.78, 5) is 11.8. The Morgan fingerprint density at radius 2 is 2.05 bits per heavy atom. The zero-order valence-corrected chi connectivity index (χ0v) is 13.6. The van der Waals surface area contributed by atoms with Crippen molar-refractivity contribution >= 4 is 43.5 Å². The lowest BCUT2D eigenvalue weighted by Gasteiger charge is -2.11. The average Bonchev–Trinajstić information content (AvgIpc) is 2.32. The molecular formula is C11H14BrClN2O3S. The molecule has 0 saturated heterocycles. The van der Waals surface area contributed by atoms with Crippen LogP contribution in [0.2, 0.25) is 5.02 Å². The maximum Gasteiger partial charge on any atom is 0.251 e. The lowest BCUT2D eigenvalue weighted by Crippen LogP contribution is -2.33. The summed E-state index contributed by atoms with van der Waals surface area (Å²) in [7, 11) is -0.399. The third-order valence-electron chi connectivity index (χ3n) is 2.38. The van der Waals surface area contributed by atoms with Crippen LogP contribution in [0.15, 0.2) is 22.7 Å².